The summed E-state index contributed by atoms with van der Waals surface area (Å²) < 4.78 is 3.54. The summed E-state index contributed by atoms with van der Waals surface area (Å²) in [5.74, 6) is 0.490. The molecule has 30 heavy (non-hydrogen) atoms. The lowest BCUT2D eigenvalue weighted by atomic mass is 10.2. The first-order chi connectivity index (χ1) is 14.6. The molecule has 3 aromatic heterocycles. The number of aromatic amines is 1. The van der Waals surface area contributed by atoms with Gasteiger partial charge in [0.2, 0.25) is 0 Å². The molecule has 5 rings (SSSR count). The molecule has 0 unspecified atom stereocenters. The zero-order valence-electron chi connectivity index (χ0n) is 15.6. The Morgan fingerprint density at radius 2 is 1.83 bits per heavy atom. The number of H-pyrrole nitrogens is 1. The van der Waals surface area contributed by atoms with E-state index in [-0.39, 0.29) is 5.56 Å². The minimum atomic E-state index is -0.177. The van der Waals surface area contributed by atoms with E-state index in [4.69, 9.17) is 23.8 Å². The molecular weight excluding hydrogens is 436 g/mol. The molecule has 0 aliphatic heterocycles. The number of nitrogens with one attached hydrogen (secondary N) is 1. The van der Waals surface area contributed by atoms with E-state index in [0.717, 1.165) is 20.8 Å². The quantitative estimate of drug-likeness (QED) is 0.358. The smallest absolute Gasteiger partial charge is 0.268 e. The van der Waals surface area contributed by atoms with Crippen LogP contribution in [0.5, 0.6) is 0 Å². The third kappa shape index (κ3) is 3.52. The van der Waals surface area contributed by atoms with Crippen molar-refractivity contribution in [2.45, 2.75) is 6.54 Å². The lowest BCUT2D eigenvalue weighted by Gasteiger charge is -2.04. The maximum atomic E-state index is 13.2. The third-order valence-electron chi connectivity index (χ3n) is 4.76. The highest BCUT2D eigenvalue weighted by Gasteiger charge is 2.14. The van der Waals surface area contributed by atoms with Crippen LogP contribution in [0.25, 0.3) is 26.5 Å². The minimum Gasteiger partial charge on any atom is -0.323 e. The number of aromatic nitrogens is 4. The SMILES string of the molecule is O=c1c2cc(-c3ccccc3)sc2[nH]c(=S)n1-c1ccn(Cc2ccc(Cl)cc2)n1. The highest BCUT2D eigenvalue weighted by Crippen LogP contribution is 2.30. The van der Waals surface area contributed by atoms with Crippen LogP contribution in [0.15, 0.2) is 77.7 Å². The predicted molar refractivity (Wildman–Crippen MR) is 124 cm³/mol. The highest BCUT2D eigenvalue weighted by molar-refractivity contribution is 7.71. The average molecular weight is 451 g/mol. The second-order valence-corrected chi connectivity index (χ2v) is 8.66. The monoisotopic (exact) mass is 450 g/mol. The van der Waals surface area contributed by atoms with E-state index in [1.165, 1.54) is 15.9 Å². The zero-order chi connectivity index (χ0) is 20.7. The summed E-state index contributed by atoms with van der Waals surface area (Å²) in [4.78, 5) is 18.2. The van der Waals surface area contributed by atoms with Crippen LogP contribution in [-0.2, 0) is 6.54 Å². The van der Waals surface area contributed by atoms with Gasteiger partial charge in [-0.15, -0.1) is 11.3 Å². The standard InChI is InChI=1S/C22H15ClN4OS2/c23-16-8-6-14(7-9-16)13-26-11-10-19(25-26)27-21(28)17-12-18(15-4-2-1-3-5-15)30-20(17)24-22(27)29/h1-12H,13H2,(H,24,29). The van der Waals surface area contributed by atoms with Gasteiger partial charge in [-0.3, -0.25) is 9.48 Å². The summed E-state index contributed by atoms with van der Waals surface area (Å²) in [6, 6.07) is 21.3. The van der Waals surface area contributed by atoms with Crippen molar-refractivity contribution in [1.29, 1.82) is 0 Å². The van der Waals surface area contributed by atoms with E-state index in [0.29, 0.717) is 27.5 Å². The molecular formula is C22H15ClN4OS2. The molecule has 0 aliphatic rings. The van der Waals surface area contributed by atoms with Crippen LogP contribution in [0.3, 0.4) is 0 Å². The molecule has 8 heteroatoms. The molecule has 3 heterocycles. The van der Waals surface area contributed by atoms with Crippen molar-refractivity contribution in [2.24, 2.45) is 0 Å². The van der Waals surface area contributed by atoms with Crippen molar-refractivity contribution in [2.75, 3.05) is 0 Å². The highest BCUT2D eigenvalue weighted by atomic mass is 35.5. The normalized spacial score (nSPS) is 11.2. The van der Waals surface area contributed by atoms with E-state index in [2.05, 4.69) is 10.1 Å². The van der Waals surface area contributed by atoms with Gasteiger partial charge < -0.3 is 4.98 Å². The molecule has 5 nitrogen and oxygen atoms in total. The molecule has 5 aromatic rings. The molecule has 0 radical (unpaired) electrons. The summed E-state index contributed by atoms with van der Waals surface area (Å²) in [5, 5.41) is 5.84. The molecule has 0 bridgehead atoms. The number of nitrogens with zero attached hydrogens (tertiary/aromatic N) is 3. The molecule has 0 fully saturated rings. The maximum Gasteiger partial charge on any atom is 0.268 e. The number of hydrogen-bond donors (Lipinski definition) is 1. The van der Waals surface area contributed by atoms with Crippen molar-refractivity contribution in [3.05, 3.63) is 98.6 Å². The summed E-state index contributed by atoms with van der Waals surface area (Å²) in [5.41, 5.74) is 1.95. The van der Waals surface area contributed by atoms with Crippen LogP contribution >= 0.6 is 35.2 Å². The van der Waals surface area contributed by atoms with Gasteiger partial charge in [0.1, 0.15) is 4.83 Å². The Labute approximate surface area is 185 Å². The van der Waals surface area contributed by atoms with Crippen molar-refractivity contribution in [1.82, 2.24) is 19.3 Å². The van der Waals surface area contributed by atoms with Crippen LogP contribution in [0.2, 0.25) is 5.02 Å². The van der Waals surface area contributed by atoms with E-state index >= 15 is 0 Å². The molecule has 0 aliphatic carbocycles. The Balaban J connectivity index is 1.54. The van der Waals surface area contributed by atoms with Gasteiger partial charge in [0.05, 0.1) is 11.9 Å². The van der Waals surface area contributed by atoms with Crippen LogP contribution in [0.1, 0.15) is 5.56 Å². The summed E-state index contributed by atoms with van der Waals surface area (Å²) >= 11 is 12.9. The van der Waals surface area contributed by atoms with Gasteiger partial charge in [0.25, 0.3) is 5.56 Å². The van der Waals surface area contributed by atoms with Gasteiger partial charge in [0.15, 0.2) is 10.6 Å². The molecule has 148 valence electrons. The van der Waals surface area contributed by atoms with Gasteiger partial charge in [0, 0.05) is 22.2 Å². The van der Waals surface area contributed by atoms with Gasteiger partial charge in [-0.25, -0.2) is 4.57 Å². The molecule has 0 saturated heterocycles. The van der Waals surface area contributed by atoms with Gasteiger partial charge >= 0.3 is 0 Å². The summed E-state index contributed by atoms with van der Waals surface area (Å²) in [7, 11) is 0. The predicted octanol–water partition coefficient (Wildman–Crippen LogP) is 5.67. The number of fused-ring (bicyclic) bond motifs is 1. The fraction of sp³-hybridized carbons (Fsp3) is 0.0455. The van der Waals surface area contributed by atoms with Crippen LogP contribution in [-0.4, -0.2) is 19.3 Å². The maximum absolute atomic E-state index is 13.2. The van der Waals surface area contributed by atoms with Crippen molar-refractivity contribution >= 4 is 45.4 Å². The lowest BCUT2D eigenvalue weighted by molar-refractivity contribution is 0.674. The fourth-order valence-electron chi connectivity index (χ4n) is 3.30. The first kappa shape index (κ1) is 19.0. The number of rotatable bonds is 4. The topological polar surface area (TPSA) is 55.6 Å². The summed E-state index contributed by atoms with van der Waals surface area (Å²) in [6.07, 6.45) is 1.83. The van der Waals surface area contributed by atoms with Gasteiger partial charge in [-0.1, -0.05) is 54.1 Å². The molecule has 0 amide bonds. The molecule has 2 aromatic carbocycles. The number of hydrogen-bond acceptors (Lipinski definition) is 4. The van der Waals surface area contributed by atoms with Crippen molar-refractivity contribution in [3.63, 3.8) is 0 Å². The molecule has 0 spiro atoms. The van der Waals surface area contributed by atoms with Crippen molar-refractivity contribution in [3.8, 4) is 16.3 Å². The van der Waals surface area contributed by atoms with Crippen LogP contribution in [0.4, 0.5) is 0 Å². The lowest BCUT2D eigenvalue weighted by Crippen LogP contribution is -2.20. The molecule has 0 atom stereocenters. The first-order valence-electron chi connectivity index (χ1n) is 9.21. The third-order valence-corrected chi connectivity index (χ3v) is 6.40. The van der Waals surface area contributed by atoms with E-state index < -0.39 is 0 Å². The molecule has 0 saturated carbocycles. The zero-order valence-corrected chi connectivity index (χ0v) is 18.0. The van der Waals surface area contributed by atoms with Gasteiger partial charge in [-0.2, -0.15) is 5.10 Å². The number of benzene rings is 2. The first-order valence-corrected chi connectivity index (χ1v) is 10.8. The molecule has 1 N–H and O–H groups in total. The number of thiophene rings is 1. The van der Waals surface area contributed by atoms with E-state index in [1.54, 1.807) is 10.7 Å². The Morgan fingerprint density at radius 1 is 1.07 bits per heavy atom. The second-order valence-electron chi connectivity index (χ2n) is 6.79. The largest absolute Gasteiger partial charge is 0.323 e. The van der Waals surface area contributed by atoms with E-state index in [1.807, 2.05) is 66.9 Å². The van der Waals surface area contributed by atoms with Gasteiger partial charge in [-0.05, 0) is 41.5 Å². The Bertz CT molecular complexity index is 1460. The second kappa shape index (κ2) is 7.68. The Hall–Kier alpha value is -3.00. The average Bonchev–Trinajstić information content (AvgIpc) is 3.38. The Kier molecular flexibility index (Phi) is 4.86. The minimum absolute atomic E-state index is 0.177. The van der Waals surface area contributed by atoms with Crippen molar-refractivity contribution < 1.29 is 0 Å². The van der Waals surface area contributed by atoms with E-state index in [9.17, 15) is 4.79 Å². The van der Waals surface area contributed by atoms with Crippen LogP contribution in [0, 0.1) is 4.77 Å². The summed E-state index contributed by atoms with van der Waals surface area (Å²) in [6.45, 7) is 0.571. The Morgan fingerprint density at radius 3 is 2.60 bits per heavy atom. The number of halogens is 1. The van der Waals surface area contributed by atoms with Crippen LogP contribution < -0.4 is 5.56 Å². The fourth-order valence-corrected chi connectivity index (χ4v) is 4.82.